The molecule has 2 aromatic carbocycles. The third-order valence-corrected chi connectivity index (χ3v) is 8.27. The second-order valence-electron chi connectivity index (χ2n) is 8.99. The predicted molar refractivity (Wildman–Crippen MR) is 139 cm³/mol. The minimum atomic E-state index is -2.59. The Morgan fingerprint density at radius 3 is 2.19 bits per heavy atom. The van der Waals surface area contributed by atoms with E-state index >= 15 is 0 Å². The number of aliphatic hydroxyl groups excluding tert-OH is 1. The fraction of sp³-hybridized carbons (Fsp3) is 0.357. The van der Waals surface area contributed by atoms with Crippen LogP contribution >= 0.6 is 8.03 Å². The maximum Gasteiger partial charge on any atom is 0.529 e. The van der Waals surface area contributed by atoms with Crippen LogP contribution in [0.1, 0.15) is 51.3 Å². The number of pyridine rings is 1. The van der Waals surface area contributed by atoms with Crippen LogP contribution in [0.4, 0.5) is 4.39 Å². The van der Waals surface area contributed by atoms with Crippen molar-refractivity contribution in [2.24, 2.45) is 0 Å². The molecule has 0 aliphatic rings. The van der Waals surface area contributed by atoms with Crippen LogP contribution in [0.25, 0.3) is 22.4 Å². The van der Waals surface area contributed by atoms with E-state index in [0.717, 1.165) is 11.1 Å². The second-order valence-corrected chi connectivity index (χ2v) is 10.7. The lowest BCUT2D eigenvalue weighted by Gasteiger charge is -2.25. The van der Waals surface area contributed by atoms with E-state index < -0.39 is 31.1 Å². The summed E-state index contributed by atoms with van der Waals surface area (Å²) in [5.41, 5.74) is 4.04. The molecule has 3 rings (SSSR count). The fourth-order valence-corrected chi connectivity index (χ4v) is 5.40. The number of benzene rings is 2. The molecule has 0 spiro atoms. The zero-order valence-electron chi connectivity index (χ0n) is 21.4. The molecule has 8 heteroatoms. The minimum absolute atomic E-state index is 0.0317. The number of nitrogens with zero attached hydrogens (tertiary/aromatic N) is 1. The number of halogens is 1. The van der Waals surface area contributed by atoms with Gasteiger partial charge in [0.15, 0.2) is 5.75 Å². The van der Waals surface area contributed by atoms with Gasteiger partial charge in [0.1, 0.15) is 11.9 Å². The molecule has 0 fully saturated rings. The third kappa shape index (κ3) is 5.10. The second kappa shape index (κ2) is 11.4. The number of carbonyl (C=O) groups is 1. The number of rotatable bonds is 9. The first-order valence-corrected chi connectivity index (χ1v) is 13.0. The zero-order valence-corrected chi connectivity index (χ0v) is 22.3. The van der Waals surface area contributed by atoms with Crippen LogP contribution < -0.4 is 4.74 Å². The van der Waals surface area contributed by atoms with Gasteiger partial charge >= 0.3 is 19.2 Å². The Labute approximate surface area is 212 Å². The van der Waals surface area contributed by atoms with Crippen molar-refractivity contribution in [1.29, 1.82) is 0 Å². The van der Waals surface area contributed by atoms with E-state index in [4.69, 9.17) is 14.2 Å². The molecule has 0 saturated heterocycles. The topological polar surface area (TPSA) is 85.7 Å². The lowest BCUT2D eigenvalue weighted by atomic mass is 9.92. The summed E-state index contributed by atoms with van der Waals surface area (Å²) in [6.45, 7) is 8.76. The van der Waals surface area contributed by atoms with E-state index in [1.807, 2.05) is 51.1 Å². The van der Waals surface area contributed by atoms with Gasteiger partial charge in [-0.05, 0) is 47.6 Å². The van der Waals surface area contributed by atoms with Crippen molar-refractivity contribution in [2.45, 2.75) is 58.2 Å². The molecule has 0 aliphatic carbocycles. The number of hydrogen-bond acceptors (Lipinski definition) is 6. The van der Waals surface area contributed by atoms with E-state index in [0.29, 0.717) is 22.5 Å². The zero-order chi connectivity index (χ0) is 26.6. The van der Waals surface area contributed by atoms with Crippen LogP contribution in [-0.2, 0) is 13.9 Å². The minimum Gasteiger partial charge on any atom is -0.420 e. The van der Waals surface area contributed by atoms with Crippen LogP contribution in [-0.4, -0.2) is 34.4 Å². The summed E-state index contributed by atoms with van der Waals surface area (Å²) >= 11 is 0. The molecule has 3 aromatic rings. The van der Waals surface area contributed by atoms with Gasteiger partial charge in [-0.15, -0.1) is 4.52 Å². The van der Waals surface area contributed by atoms with Crippen LogP contribution in [0.3, 0.4) is 0 Å². The largest absolute Gasteiger partial charge is 0.529 e. The van der Waals surface area contributed by atoms with Crippen molar-refractivity contribution in [3.8, 4) is 28.1 Å². The smallest absolute Gasteiger partial charge is 0.420 e. The Kier molecular flexibility index (Phi) is 8.72. The van der Waals surface area contributed by atoms with Gasteiger partial charge in [-0.1, -0.05) is 63.2 Å². The van der Waals surface area contributed by atoms with Gasteiger partial charge in [-0.3, -0.25) is 0 Å². The summed E-state index contributed by atoms with van der Waals surface area (Å²) in [6, 6.07) is 15.5. The standard InChI is InChI=1S/C28H32FNO5P/c1-7-28(19(5)31,36(33)34-6)27(32)35-26-23(20-13-15-22(29)16-14-20)18(4)25(30-24(26)17(2)3)21-11-9-8-10-12-21/h8-17,19,31H,7H2,1-6H3/q+1. The number of aromatic nitrogens is 1. The van der Waals surface area contributed by atoms with Crippen molar-refractivity contribution in [3.05, 3.63) is 71.7 Å². The van der Waals surface area contributed by atoms with Crippen LogP contribution in [0.15, 0.2) is 54.6 Å². The van der Waals surface area contributed by atoms with Crippen molar-refractivity contribution >= 4 is 14.0 Å². The molecule has 190 valence electrons. The Bertz CT molecular complexity index is 1250. The average Bonchev–Trinajstić information content (AvgIpc) is 2.85. The molecular formula is C28H32FNO5P+. The highest BCUT2D eigenvalue weighted by Gasteiger charge is 2.62. The quantitative estimate of drug-likeness (QED) is 0.250. The molecule has 0 amide bonds. The van der Waals surface area contributed by atoms with Gasteiger partial charge in [0.2, 0.25) is 0 Å². The fourth-order valence-electron chi connectivity index (χ4n) is 4.32. The predicted octanol–water partition coefficient (Wildman–Crippen LogP) is 6.81. The first-order chi connectivity index (χ1) is 17.1. The Hall–Kier alpha value is -2.99. The third-order valence-electron chi connectivity index (χ3n) is 6.42. The first-order valence-electron chi connectivity index (χ1n) is 11.9. The summed E-state index contributed by atoms with van der Waals surface area (Å²) in [6.07, 6.45) is -1.27. The number of hydrogen-bond donors (Lipinski definition) is 1. The molecule has 3 atom stereocenters. The van der Waals surface area contributed by atoms with Crippen LogP contribution in [0.5, 0.6) is 5.75 Å². The number of ether oxygens (including phenoxy) is 1. The van der Waals surface area contributed by atoms with Crippen molar-refractivity contribution < 1.29 is 28.1 Å². The Morgan fingerprint density at radius 1 is 1.08 bits per heavy atom. The van der Waals surface area contributed by atoms with Gasteiger partial charge in [0.25, 0.3) is 0 Å². The lowest BCUT2D eigenvalue weighted by molar-refractivity contribution is -0.140. The maximum atomic E-state index is 13.8. The molecule has 1 heterocycles. The SMILES string of the molecule is CCC(C(=O)Oc1c(C(C)C)nc(-c2ccccc2)c(C)c1-c1ccc(F)cc1)(C(C)O)[P+](=O)OC. The van der Waals surface area contributed by atoms with E-state index in [1.54, 1.807) is 19.1 Å². The summed E-state index contributed by atoms with van der Waals surface area (Å²) in [7, 11) is -1.36. The molecule has 6 nitrogen and oxygen atoms in total. The Balaban J connectivity index is 2.34. The monoisotopic (exact) mass is 512 g/mol. The van der Waals surface area contributed by atoms with Gasteiger partial charge < -0.3 is 9.84 Å². The molecular weight excluding hydrogens is 480 g/mol. The molecule has 1 aromatic heterocycles. The van der Waals surface area contributed by atoms with Gasteiger partial charge in [0, 0.05) is 17.5 Å². The molecule has 0 radical (unpaired) electrons. The number of carbonyl (C=O) groups excluding carboxylic acids is 1. The molecule has 1 N–H and O–H groups in total. The van der Waals surface area contributed by atoms with E-state index in [-0.39, 0.29) is 18.1 Å². The number of esters is 1. The van der Waals surface area contributed by atoms with E-state index in [9.17, 15) is 18.9 Å². The molecule has 3 unspecified atom stereocenters. The molecule has 36 heavy (non-hydrogen) atoms. The van der Waals surface area contributed by atoms with Crippen LogP contribution in [0, 0.1) is 12.7 Å². The van der Waals surface area contributed by atoms with Crippen molar-refractivity contribution in [3.63, 3.8) is 0 Å². The van der Waals surface area contributed by atoms with Gasteiger partial charge in [-0.25, -0.2) is 14.2 Å². The van der Waals surface area contributed by atoms with Gasteiger partial charge in [0.05, 0.1) is 18.5 Å². The van der Waals surface area contributed by atoms with E-state index in [2.05, 4.69) is 0 Å². The molecule has 0 saturated carbocycles. The van der Waals surface area contributed by atoms with E-state index in [1.165, 1.54) is 26.2 Å². The normalized spacial score (nSPS) is 14.3. The summed E-state index contributed by atoms with van der Waals surface area (Å²) in [5.74, 6) is -1.24. The summed E-state index contributed by atoms with van der Waals surface area (Å²) in [4.78, 5) is 18.6. The van der Waals surface area contributed by atoms with Gasteiger partial charge in [-0.2, -0.15) is 0 Å². The van der Waals surface area contributed by atoms with Crippen LogP contribution in [0.2, 0.25) is 0 Å². The summed E-state index contributed by atoms with van der Waals surface area (Å²) < 4.78 is 37.7. The average molecular weight is 513 g/mol. The maximum absolute atomic E-state index is 13.8. The highest BCUT2D eigenvalue weighted by molar-refractivity contribution is 7.42. The molecule has 0 aliphatic heterocycles. The first kappa shape index (κ1) is 27.6. The number of aliphatic hydroxyl groups is 1. The van der Waals surface area contributed by atoms with Crippen molar-refractivity contribution in [1.82, 2.24) is 4.98 Å². The highest BCUT2D eigenvalue weighted by atomic mass is 31.1. The summed E-state index contributed by atoms with van der Waals surface area (Å²) in [5, 5.41) is 8.76. The van der Waals surface area contributed by atoms with Crippen molar-refractivity contribution in [2.75, 3.05) is 7.11 Å². The highest BCUT2D eigenvalue weighted by Crippen LogP contribution is 2.48. The Morgan fingerprint density at radius 2 is 1.69 bits per heavy atom. The molecule has 0 bridgehead atoms. The lowest BCUT2D eigenvalue weighted by Crippen LogP contribution is -2.47.